The van der Waals surface area contributed by atoms with Gasteiger partial charge in [-0.1, -0.05) is 12.1 Å². The highest BCUT2D eigenvalue weighted by Gasteiger charge is 2.17. The molecule has 1 aromatic rings. The van der Waals surface area contributed by atoms with Gasteiger partial charge in [0.2, 0.25) is 0 Å². The summed E-state index contributed by atoms with van der Waals surface area (Å²) >= 11 is 0. The molecule has 98 valence electrons. The summed E-state index contributed by atoms with van der Waals surface area (Å²) in [5, 5.41) is 0. The van der Waals surface area contributed by atoms with Crippen LogP contribution in [0.15, 0.2) is 36.1 Å². The molecule has 2 rings (SSSR count). The minimum absolute atomic E-state index is 0.0431. The van der Waals surface area contributed by atoms with Crippen LogP contribution in [0.5, 0.6) is 0 Å². The Kier molecular flexibility index (Phi) is 4.23. The highest BCUT2D eigenvalue weighted by atomic mass is 16.5. The molecule has 1 atom stereocenters. The lowest BCUT2D eigenvalue weighted by molar-refractivity contribution is 0.219. The van der Waals surface area contributed by atoms with Crippen molar-refractivity contribution in [1.82, 2.24) is 5.43 Å². The van der Waals surface area contributed by atoms with Crippen molar-refractivity contribution in [2.75, 3.05) is 25.6 Å². The fraction of sp³-hybridized carbons (Fsp3) is 0.429. The van der Waals surface area contributed by atoms with Gasteiger partial charge in [0.05, 0.1) is 18.9 Å². The van der Waals surface area contributed by atoms with Crippen LogP contribution in [0.1, 0.15) is 24.4 Å². The predicted octanol–water partition coefficient (Wildman–Crippen LogP) is 1.95. The van der Waals surface area contributed by atoms with E-state index in [1.807, 2.05) is 20.4 Å². The Morgan fingerprint density at radius 1 is 1.28 bits per heavy atom. The Labute approximate surface area is 108 Å². The Morgan fingerprint density at radius 3 is 2.50 bits per heavy atom. The van der Waals surface area contributed by atoms with Gasteiger partial charge in [-0.15, -0.1) is 0 Å². The fourth-order valence-corrected chi connectivity index (χ4v) is 2.18. The Morgan fingerprint density at radius 2 is 2.00 bits per heavy atom. The second-order valence-electron chi connectivity index (χ2n) is 4.75. The zero-order valence-corrected chi connectivity index (χ0v) is 11.0. The highest BCUT2D eigenvalue weighted by Crippen LogP contribution is 2.28. The van der Waals surface area contributed by atoms with E-state index >= 15 is 0 Å². The van der Waals surface area contributed by atoms with Crippen LogP contribution in [0.4, 0.5) is 5.69 Å². The van der Waals surface area contributed by atoms with Crippen molar-refractivity contribution in [3.05, 3.63) is 41.7 Å². The van der Waals surface area contributed by atoms with Crippen molar-refractivity contribution in [2.24, 2.45) is 5.84 Å². The zero-order valence-electron chi connectivity index (χ0n) is 11.0. The van der Waals surface area contributed by atoms with Crippen LogP contribution in [0.3, 0.4) is 0 Å². The number of nitrogens with one attached hydrogen (secondary N) is 1. The number of hydrogen-bond donors (Lipinski definition) is 2. The minimum Gasteiger partial charge on any atom is -0.501 e. The number of nitrogens with zero attached hydrogens (tertiary/aromatic N) is 1. The molecule has 4 nitrogen and oxygen atoms in total. The van der Waals surface area contributed by atoms with Crippen LogP contribution in [0, 0.1) is 0 Å². The summed E-state index contributed by atoms with van der Waals surface area (Å²) in [7, 11) is 4.07. The lowest BCUT2D eigenvalue weighted by atomic mass is 9.95. The Bertz CT molecular complexity index is 412. The quantitative estimate of drug-likeness (QED) is 0.631. The SMILES string of the molecule is CN(C)c1ccc(C(NN)C2=COCCC2)cc1. The first-order valence-electron chi connectivity index (χ1n) is 6.26. The maximum atomic E-state index is 5.68. The van der Waals surface area contributed by atoms with Crippen molar-refractivity contribution in [3.63, 3.8) is 0 Å². The van der Waals surface area contributed by atoms with Crippen LogP contribution in [0.2, 0.25) is 0 Å². The number of rotatable bonds is 4. The van der Waals surface area contributed by atoms with Crippen molar-refractivity contribution in [1.29, 1.82) is 0 Å². The van der Waals surface area contributed by atoms with Crippen LogP contribution in [0.25, 0.3) is 0 Å². The van der Waals surface area contributed by atoms with E-state index in [1.165, 1.54) is 16.8 Å². The molecular formula is C14H21N3O. The van der Waals surface area contributed by atoms with Gasteiger partial charge in [-0.3, -0.25) is 5.84 Å². The van der Waals surface area contributed by atoms with Crippen LogP contribution < -0.4 is 16.2 Å². The van der Waals surface area contributed by atoms with Crippen molar-refractivity contribution in [3.8, 4) is 0 Å². The zero-order chi connectivity index (χ0) is 13.0. The number of anilines is 1. The number of nitrogens with two attached hydrogens (primary N) is 1. The predicted molar refractivity (Wildman–Crippen MR) is 74.1 cm³/mol. The van der Waals surface area contributed by atoms with Crippen molar-refractivity contribution < 1.29 is 4.74 Å². The number of hydrazine groups is 1. The molecule has 0 aliphatic carbocycles. The second-order valence-corrected chi connectivity index (χ2v) is 4.75. The standard InChI is InChI=1S/C14H21N3O/c1-17(2)13-7-5-11(6-8-13)14(16-15)12-4-3-9-18-10-12/h5-8,10,14,16H,3-4,9,15H2,1-2H3. The van der Waals surface area contributed by atoms with E-state index in [1.54, 1.807) is 0 Å². The van der Waals surface area contributed by atoms with Gasteiger partial charge in [0, 0.05) is 19.8 Å². The van der Waals surface area contributed by atoms with E-state index in [0.29, 0.717) is 0 Å². The monoisotopic (exact) mass is 247 g/mol. The van der Waals surface area contributed by atoms with Gasteiger partial charge in [-0.25, -0.2) is 5.43 Å². The number of benzene rings is 1. The third-order valence-corrected chi connectivity index (χ3v) is 3.24. The first-order chi connectivity index (χ1) is 8.72. The summed E-state index contributed by atoms with van der Waals surface area (Å²) in [5.41, 5.74) is 6.43. The molecule has 3 N–H and O–H groups in total. The second kappa shape index (κ2) is 5.89. The third kappa shape index (κ3) is 2.83. The molecule has 1 unspecified atom stereocenters. The van der Waals surface area contributed by atoms with E-state index < -0.39 is 0 Å². The molecule has 0 aromatic heterocycles. The molecule has 0 radical (unpaired) electrons. The molecule has 0 saturated carbocycles. The largest absolute Gasteiger partial charge is 0.501 e. The summed E-state index contributed by atoms with van der Waals surface area (Å²) in [4.78, 5) is 2.08. The maximum absolute atomic E-state index is 5.68. The average molecular weight is 247 g/mol. The Balaban J connectivity index is 2.19. The summed E-state index contributed by atoms with van der Waals surface area (Å²) in [6.07, 6.45) is 3.93. The topological polar surface area (TPSA) is 50.5 Å². The highest BCUT2D eigenvalue weighted by molar-refractivity contribution is 5.47. The van der Waals surface area contributed by atoms with Crippen molar-refractivity contribution >= 4 is 5.69 Å². The molecule has 1 aromatic carbocycles. The molecular weight excluding hydrogens is 226 g/mol. The molecule has 0 bridgehead atoms. The van der Waals surface area contributed by atoms with Crippen LogP contribution in [-0.2, 0) is 4.74 Å². The molecule has 0 fully saturated rings. The normalized spacial score (nSPS) is 16.7. The first kappa shape index (κ1) is 12.9. The number of ether oxygens (including phenoxy) is 1. The molecule has 1 aliphatic rings. The van der Waals surface area contributed by atoms with E-state index in [9.17, 15) is 0 Å². The Hall–Kier alpha value is -1.52. The lowest BCUT2D eigenvalue weighted by Gasteiger charge is -2.23. The number of hydrogen-bond acceptors (Lipinski definition) is 4. The molecule has 0 amide bonds. The summed E-state index contributed by atoms with van der Waals surface area (Å²) in [6, 6.07) is 8.46. The molecule has 0 spiro atoms. The lowest BCUT2D eigenvalue weighted by Crippen LogP contribution is -2.30. The maximum Gasteiger partial charge on any atom is 0.0876 e. The summed E-state index contributed by atoms with van der Waals surface area (Å²) < 4.78 is 5.38. The van der Waals surface area contributed by atoms with Gasteiger partial charge in [-0.05, 0) is 36.1 Å². The molecule has 1 aliphatic heterocycles. The minimum atomic E-state index is 0.0431. The van der Waals surface area contributed by atoms with Crippen molar-refractivity contribution in [2.45, 2.75) is 18.9 Å². The van der Waals surface area contributed by atoms with E-state index in [-0.39, 0.29) is 6.04 Å². The molecule has 4 heteroatoms. The van der Waals surface area contributed by atoms with Gasteiger partial charge in [0.1, 0.15) is 0 Å². The van der Waals surface area contributed by atoms with Gasteiger partial charge in [-0.2, -0.15) is 0 Å². The summed E-state index contributed by atoms with van der Waals surface area (Å²) in [5.74, 6) is 5.68. The summed E-state index contributed by atoms with van der Waals surface area (Å²) in [6.45, 7) is 0.806. The fourth-order valence-electron chi connectivity index (χ4n) is 2.18. The van der Waals surface area contributed by atoms with Crippen LogP contribution in [-0.4, -0.2) is 20.7 Å². The van der Waals surface area contributed by atoms with Gasteiger partial charge in [0.25, 0.3) is 0 Å². The van der Waals surface area contributed by atoms with E-state index in [2.05, 4.69) is 34.6 Å². The van der Waals surface area contributed by atoms with Gasteiger partial charge < -0.3 is 9.64 Å². The van der Waals surface area contributed by atoms with E-state index in [0.717, 1.165) is 19.4 Å². The smallest absolute Gasteiger partial charge is 0.0876 e. The molecule has 1 heterocycles. The first-order valence-corrected chi connectivity index (χ1v) is 6.26. The van der Waals surface area contributed by atoms with Gasteiger partial charge >= 0.3 is 0 Å². The van der Waals surface area contributed by atoms with Gasteiger partial charge in [0.15, 0.2) is 0 Å². The van der Waals surface area contributed by atoms with Crippen LogP contribution >= 0.6 is 0 Å². The third-order valence-electron chi connectivity index (χ3n) is 3.24. The average Bonchev–Trinajstić information content (AvgIpc) is 2.41. The van der Waals surface area contributed by atoms with E-state index in [4.69, 9.17) is 10.6 Å². The molecule has 18 heavy (non-hydrogen) atoms. The molecule has 0 saturated heterocycles.